The Kier molecular flexibility index (Phi) is 3.08. The number of fused-ring (bicyclic) bond motifs is 2. The fraction of sp³-hybridized carbons (Fsp3) is 0.938. The molecule has 4 atom stereocenters. The van der Waals surface area contributed by atoms with Crippen molar-refractivity contribution in [3.05, 3.63) is 0 Å². The Bertz CT molecular complexity index is 391. The van der Waals surface area contributed by atoms with Crippen molar-refractivity contribution in [2.24, 2.45) is 23.2 Å². The SMILES string of the molecule is COC1[C@@H]2CC[C@H]1CN(C(=O)C1CC13CCNCC3)C2. The molecule has 2 unspecified atom stereocenters. The van der Waals surface area contributed by atoms with Crippen LogP contribution in [0, 0.1) is 23.2 Å². The van der Waals surface area contributed by atoms with Crippen molar-refractivity contribution in [3.63, 3.8) is 0 Å². The highest BCUT2D eigenvalue weighted by atomic mass is 16.5. The zero-order valence-electron chi connectivity index (χ0n) is 12.4. The van der Waals surface area contributed by atoms with Crippen molar-refractivity contribution in [2.45, 2.75) is 38.2 Å². The lowest BCUT2D eigenvalue weighted by Crippen LogP contribution is -2.49. The molecular weight excluding hydrogens is 252 g/mol. The molecule has 4 nitrogen and oxygen atoms in total. The molecule has 1 N–H and O–H groups in total. The molecule has 4 aliphatic rings. The third kappa shape index (κ3) is 1.92. The van der Waals surface area contributed by atoms with Crippen molar-refractivity contribution in [3.8, 4) is 0 Å². The van der Waals surface area contributed by atoms with E-state index in [1.807, 2.05) is 7.11 Å². The van der Waals surface area contributed by atoms with E-state index in [2.05, 4.69) is 10.2 Å². The minimum atomic E-state index is 0.336. The van der Waals surface area contributed by atoms with Crippen LogP contribution in [0.4, 0.5) is 0 Å². The summed E-state index contributed by atoms with van der Waals surface area (Å²) in [7, 11) is 1.83. The van der Waals surface area contributed by atoms with Gasteiger partial charge >= 0.3 is 0 Å². The molecule has 2 saturated carbocycles. The van der Waals surface area contributed by atoms with Gasteiger partial charge in [0.05, 0.1) is 6.10 Å². The lowest BCUT2D eigenvalue weighted by Gasteiger charge is -2.38. The molecule has 4 fully saturated rings. The molecule has 4 heteroatoms. The topological polar surface area (TPSA) is 41.6 Å². The monoisotopic (exact) mass is 278 g/mol. The summed E-state index contributed by atoms with van der Waals surface area (Å²) in [5.74, 6) is 1.97. The molecule has 2 aliphatic carbocycles. The van der Waals surface area contributed by atoms with E-state index in [1.54, 1.807) is 0 Å². The quantitative estimate of drug-likeness (QED) is 0.827. The standard InChI is InChI=1S/C16H26N2O2/c1-20-14-11-2-3-12(14)10-18(9-11)15(19)13-8-16(13)4-6-17-7-5-16/h11-14,17H,2-10H2,1H3/t11-,12+,13?,14?. The Morgan fingerprint density at radius 1 is 1.20 bits per heavy atom. The number of amides is 1. The van der Waals surface area contributed by atoms with Crippen LogP contribution in [-0.4, -0.2) is 50.2 Å². The predicted octanol–water partition coefficient (Wildman–Crippen LogP) is 1.26. The Labute approximate surface area is 121 Å². The number of hydrogen-bond acceptors (Lipinski definition) is 3. The van der Waals surface area contributed by atoms with Gasteiger partial charge in [-0.3, -0.25) is 4.79 Å². The second-order valence-electron chi connectivity index (χ2n) is 7.41. The average Bonchev–Trinajstić information content (AvgIpc) is 3.10. The third-order valence-corrected chi connectivity index (χ3v) is 6.42. The summed E-state index contributed by atoms with van der Waals surface area (Å²) < 4.78 is 5.65. The summed E-state index contributed by atoms with van der Waals surface area (Å²) in [6.07, 6.45) is 6.44. The van der Waals surface area contributed by atoms with E-state index in [0.717, 1.165) is 32.6 Å². The molecule has 112 valence electrons. The Balaban J connectivity index is 1.41. The number of rotatable bonds is 2. The van der Waals surface area contributed by atoms with Gasteiger partial charge in [0.2, 0.25) is 5.91 Å². The first kappa shape index (κ1) is 13.1. The maximum atomic E-state index is 12.8. The fourth-order valence-electron chi connectivity index (χ4n) is 5.13. The van der Waals surface area contributed by atoms with Gasteiger partial charge in [0, 0.05) is 38.0 Å². The summed E-state index contributed by atoms with van der Waals surface area (Å²) in [4.78, 5) is 15.0. The minimum absolute atomic E-state index is 0.336. The van der Waals surface area contributed by atoms with Gasteiger partial charge in [0.15, 0.2) is 0 Å². The second kappa shape index (κ2) is 4.70. The first-order chi connectivity index (χ1) is 9.73. The number of nitrogens with one attached hydrogen (secondary N) is 1. The van der Waals surface area contributed by atoms with E-state index < -0.39 is 0 Å². The van der Waals surface area contributed by atoms with Gasteiger partial charge in [-0.25, -0.2) is 0 Å². The highest BCUT2D eigenvalue weighted by molar-refractivity contribution is 5.83. The lowest BCUT2D eigenvalue weighted by molar-refractivity contribution is -0.138. The van der Waals surface area contributed by atoms with E-state index in [0.29, 0.717) is 35.2 Å². The largest absolute Gasteiger partial charge is 0.381 e. The molecular formula is C16H26N2O2. The molecule has 0 aromatic rings. The maximum absolute atomic E-state index is 12.8. The van der Waals surface area contributed by atoms with Crippen LogP contribution in [0.3, 0.4) is 0 Å². The van der Waals surface area contributed by atoms with Gasteiger partial charge in [-0.2, -0.15) is 0 Å². The van der Waals surface area contributed by atoms with Gasteiger partial charge in [0.1, 0.15) is 0 Å². The zero-order valence-corrected chi connectivity index (χ0v) is 12.4. The van der Waals surface area contributed by atoms with Crippen molar-refractivity contribution in [1.29, 1.82) is 0 Å². The molecule has 2 bridgehead atoms. The number of carbonyl (C=O) groups excluding carboxylic acids is 1. The van der Waals surface area contributed by atoms with Crippen LogP contribution >= 0.6 is 0 Å². The fourth-order valence-corrected chi connectivity index (χ4v) is 5.13. The highest BCUT2D eigenvalue weighted by Gasteiger charge is 2.59. The number of likely N-dealkylation sites (tertiary alicyclic amines) is 1. The second-order valence-corrected chi connectivity index (χ2v) is 7.41. The van der Waals surface area contributed by atoms with Crippen molar-refractivity contribution in [1.82, 2.24) is 10.2 Å². The molecule has 2 aliphatic heterocycles. The van der Waals surface area contributed by atoms with Crippen molar-refractivity contribution < 1.29 is 9.53 Å². The smallest absolute Gasteiger partial charge is 0.226 e. The van der Waals surface area contributed by atoms with Crippen LogP contribution in [0.25, 0.3) is 0 Å². The minimum Gasteiger partial charge on any atom is -0.381 e. The lowest BCUT2D eigenvalue weighted by atomic mass is 9.90. The van der Waals surface area contributed by atoms with Crippen LogP contribution in [0.5, 0.6) is 0 Å². The summed E-state index contributed by atoms with van der Waals surface area (Å²) in [5.41, 5.74) is 0.374. The maximum Gasteiger partial charge on any atom is 0.226 e. The molecule has 2 heterocycles. The summed E-state index contributed by atoms with van der Waals surface area (Å²) in [5, 5.41) is 3.42. The number of nitrogens with zero attached hydrogens (tertiary/aromatic N) is 1. The molecule has 0 aromatic carbocycles. The van der Waals surface area contributed by atoms with E-state index in [9.17, 15) is 4.79 Å². The first-order valence-electron chi connectivity index (χ1n) is 8.26. The van der Waals surface area contributed by atoms with E-state index in [-0.39, 0.29) is 0 Å². The predicted molar refractivity (Wildman–Crippen MR) is 76.2 cm³/mol. The number of carbonyl (C=O) groups is 1. The van der Waals surface area contributed by atoms with Crippen molar-refractivity contribution >= 4 is 5.91 Å². The van der Waals surface area contributed by atoms with E-state index >= 15 is 0 Å². The summed E-state index contributed by atoms with van der Waals surface area (Å²) in [6.45, 7) is 4.08. The number of methoxy groups -OCH3 is 1. The third-order valence-electron chi connectivity index (χ3n) is 6.42. The molecule has 4 rings (SSSR count). The molecule has 0 aromatic heterocycles. The molecule has 0 radical (unpaired) electrons. The van der Waals surface area contributed by atoms with Gasteiger partial charge in [0.25, 0.3) is 0 Å². The van der Waals surface area contributed by atoms with Gasteiger partial charge < -0.3 is 15.0 Å². The molecule has 2 saturated heterocycles. The van der Waals surface area contributed by atoms with Gasteiger partial charge in [-0.05, 0) is 50.6 Å². The first-order valence-corrected chi connectivity index (χ1v) is 8.26. The Morgan fingerprint density at radius 3 is 2.45 bits per heavy atom. The van der Waals surface area contributed by atoms with E-state index in [4.69, 9.17) is 4.74 Å². The number of ether oxygens (including phenoxy) is 1. The van der Waals surface area contributed by atoms with E-state index in [1.165, 1.54) is 25.7 Å². The molecule has 20 heavy (non-hydrogen) atoms. The van der Waals surface area contributed by atoms with Crippen LogP contribution < -0.4 is 5.32 Å². The van der Waals surface area contributed by atoms with Crippen LogP contribution in [0.15, 0.2) is 0 Å². The Morgan fingerprint density at radius 2 is 1.85 bits per heavy atom. The molecule has 1 amide bonds. The number of piperidine rings is 2. The van der Waals surface area contributed by atoms with Gasteiger partial charge in [-0.15, -0.1) is 0 Å². The van der Waals surface area contributed by atoms with Crippen LogP contribution in [-0.2, 0) is 9.53 Å². The average molecular weight is 278 g/mol. The highest BCUT2D eigenvalue weighted by Crippen LogP contribution is 2.59. The normalized spacial score (nSPS) is 42.0. The van der Waals surface area contributed by atoms with Crippen LogP contribution in [0.2, 0.25) is 0 Å². The summed E-state index contributed by atoms with van der Waals surface area (Å²) in [6, 6.07) is 0. The molecule has 1 spiro atoms. The number of hydrogen-bond donors (Lipinski definition) is 1. The Hall–Kier alpha value is -0.610. The van der Waals surface area contributed by atoms with Gasteiger partial charge in [-0.1, -0.05) is 0 Å². The van der Waals surface area contributed by atoms with Crippen molar-refractivity contribution in [2.75, 3.05) is 33.3 Å². The summed E-state index contributed by atoms with van der Waals surface area (Å²) >= 11 is 0. The zero-order chi connectivity index (χ0) is 13.7. The van der Waals surface area contributed by atoms with Crippen LogP contribution in [0.1, 0.15) is 32.1 Å².